The molecule has 1 aromatic heterocycles. The number of rotatable bonds is 17. The van der Waals surface area contributed by atoms with Crippen LogP contribution in [0.4, 0.5) is 4.79 Å². The van der Waals surface area contributed by atoms with Gasteiger partial charge in [0.05, 0.1) is 6.04 Å². The zero-order valence-electron chi connectivity index (χ0n) is 33.4. The first-order valence-electron chi connectivity index (χ1n) is 19.0. The van der Waals surface area contributed by atoms with Gasteiger partial charge in [0.25, 0.3) is 15.9 Å². The van der Waals surface area contributed by atoms with E-state index in [1.54, 1.807) is 11.4 Å². The Kier molecular flexibility index (Phi) is 16.3. The fraction of sp³-hybridized carbons (Fsp3) is 0.625. The van der Waals surface area contributed by atoms with Crippen molar-refractivity contribution < 1.29 is 32.4 Å². The molecule has 1 saturated heterocycles. The normalized spacial score (nSPS) is 19.9. The van der Waals surface area contributed by atoms with E-state index >= 15 is 0 Å². The van der Waals surface area contributed by atoms with Crippen LogP contribution in [0.5, 0.6) is 0 Å². The predicted octanol–water partition coefficient (Wildman–Crippen LogP) is 4.37. The van der Waals surface area contributed by atoms with E-state index in [2.05, 4.69) is 33.8 Å². The molecule has 2 heterocycles. The van der Waals surface area contributed by atoms with Gasteiger partial charge in [-0.05, 0) is 61.8 Å². The summed E-state index contributed by atoms with van der Waals surface area (Å²) in [6.45, 7) is 15.3. The molecule has 0 bridgehead atoms. The van der Waals surface area contributed by atoms with Crippen LogP contribution in [0.2, 0.25) is 0 Å². The maximum Gasteiger partial charge on any atom is 0.315 e. The van der Waals surface area contributed by atoms with Crippen molar-refractivity contribution in [2.45, 2.75) is 121 Å². The van der Waals surface area contributed by atoms with Crippen LogP contribution in [-0.2, 0) is 29.2 Å². The molecule has 1 aromatic rings. The summed E-state index contributed by atoms with van der Waals surface area (Å²) in [6, 6.07) is -1.34. The van der Waals surface area contributed by atoms with Gasteiger partial charge in [-0.1, -0.05) is 70.7 Å². The van der Waals surface area contributed by atoms with E-state index in [1.807, 2.05) is 47.6 Å². The number of amides is 5. The van der Waals surface area contributed by atoms with Gasteiger partial charge in [-0.25, -0.2) is 13.2 Å². The maximum atomic E-state index is 14.9. The van der Waals surface area contributed by atoms with E-state index in [0.29, 0.717) is 19.3 Å². The lowest BCUT2D eigenvalue weighted by atomic mass is 9.70. The Balaban J connectivity index is 1.95. The molecule has 1 unspecified atom stereocenters. The van der Waals surface area contributed by atoms with Gasteiger partial charge >= 0.3 is 6.03 Å². The second-order valence-corrected chi connectivity index (χ2v) is 19.5. The topological polar surface area (TPSA) is 174 Å². The molecule has 13 nitrogen and oxygen atoms in total. The average molecular weight is 801 g/mol. The van der Waals surface area contributed by atoms with E-state index in [4.69, 9.17) is 6.42 Å². The molecule has 304 valence electrons. The Morgan fingerprint density at radius 1 is 1.13 bits per heavy atom. The second-order valence-electron chi connectivity index (χ2n) is 16.2. The van der Waals surface area contributed by atoms with Crippen LogP contribution in [0.25, 0.3) is 0 Å². The van der Waals surface area contributed by atoms with Gasteiger partial charge in [0.2, 0.25) is 17.6 Å². The minimum Gasteiger partial charge on any atom is -0.346 e. The van der Waals surface area contributed by atoms with Gasteiger partial charge < -0.3 is 26.2 Å². The Labute approximate surface area is 331 Å². The number of hydrogen-bond donors (Lipinski definition) is 4. The second kappa shape index (κ2) is 19.7. The number of nitrogens with zero attached hydrogens (tertiary/aromatic N) is 2. The van der Waals surface area contributed by atoms with Crippen molar-refractivity contribution in [1.29, 1.82) is 0 Å². The van der Waals surface area contributed by atoms with Gasteiger partial charge in [-0.15, -0.1) is 30.3 Å². The summed E-state index contributed by atoms with van der Waals surface area (Å²) in [5.74, 6) is -0.700. The van der Waals surface area contributed by atoms with Crippen molar-refractivity contribution in [3.63, 3.8) is 0 Å². The molecule has 2 fully saturated rings. The number of likely N-dealkylation sites (N-methyl/N-ethyl adjacent to an activating group) is 1. The van der Waals surface area contributed by atoms with Crippen LogP contribution < -0.4 is 21.3 Å². The van der Waals surface area contributed by atoms with Gasteiger partial charge in [-0.3, -0.25) is 19.2 Å². The number of allylic oxidation sites excluding steroid dienone is 1. The third-order valence-corrected chi connectivity index (χ3v) is 13.7. The smallest absolute Gasteiger partial charge is 0.315 e. The van der Waals surface area contributed by atoms with Crippen molar-refractivity contribution >= 4 is 50.9 Å². The van der Waals surface area contributed by atoms with Gasteiger partial charge in [0.1, 0.15) is 16.3 Å². The molecule has 1 aliphatic heterocycles. The molecule has 1 saturated carbocycles. The molecule has 4 N–H and O–H groups in total. The predicted molar refractivity (Wildman–Crippen MR) is 215 cm³/mol. The van der Waals surface area contributed by atoms with Crippen LogP contribution >= 0.6 is 11.3 Å². The summed E-state index contributed by atoms with van der Waals surface area (Å²) in [6.07, 6.45) is 13.5. The Morgan fingerprint density at radius 2 is 1.80 bits per heavy atom. The van der Waals surface area contributed by atoms with Crippen molar-refractivity contribution in [2.24, 2.45) is 16.7 Å². The number of terminal acetylenes is 1. The summed E-state index contributed by atoms with van der Waals surface area (Å²) >= 11 is 1.11. The SMILES string of the molecule is C#CCCC(NC(=O)[C@@H]1[C@@H](C=C(C)C)CCN1C(=O)[C@@H](NC(=O)N[C@H](CN(C)S(=O)(=O)c1cccs1)C(C)(C)C)C1(C)CCCCC1)C(=O)C(=O)NCC=C. The molecule has 3 rings (SSSR count). The number of thiophene rings is 1. The Hall–Kier alpha value is -4.00. The monoisotopic (exact) mass is 800 g/mol. The number of Topliss-reactive ketones (excluding diaryl/α,β-unsaturated/α-hetero) is 1. The lowest BCUT2D eigenvalue weighted by molar-refractivity contribution is -0.145. The van der Waals surface area contributed by atoms with E-state index in [9.17, 15) is 32.4 Å². The van der Waals surface area contributed by atoms with Gasteiger partial charge in [0, 0.05) is 45.1 Å². The minimum atomic E-state index is -3.80. The van der Waals surface area contributed by atoms with Gasteiger partial charge in [-0.2, -0.15) is 4.31 Å². The molecular formula is C40H60N6O7S2. The Morgan fingerprint density at radius 3 is 2.36 bits per heavy atom. The molecule has 55 heavy (non-hydrogen) atoms. The number of ketones is 1. The van der Waals surface area contributed by atoms with Crippen LogP contribution in [0.15, 0.2) is 46.0 Å². The zero-order valence-corrected chi connectivity index (χ0v) is 35.0. The van der Waals surface area contributed by atoms with Crippen LogP contribution in [0, 0.1) is 29.1 Å². The summed E-state index contributed by atoms with van der Waals surface area (Å²) in [5, 5.41) is 12.9. The molecule has 0 radical (unpaired) electrons. The highest BCUT2D eigenvalue weighted by atomic mass is 32.2. The van der Waals surface area contributed by atoms with Crippen molar-refractivity contribution in [1.82, 2.24) is 30.5 Å². The number of carbonyl (C=O) groups excluding carboxylic acids is 5. The summed E-state index contributed by atoms with van der Waals surface area (Å²) < 4.78 is 28.0. The van der Waals surface area contributed by atoms with E-state index < -0.39 is 80.5 Å². The average Bonchev–Trinajstić information content (AvgIpc) is 3.81. The zero-order chi connectivity index (χ0) is 41.1. The number of carbonyl (C=O) groups is 5. The van der Waals surface area contributed by atoms with Crippen molar-refractivity contribution in [2.75, 3.05) is 26.7 Å². The molecule has 2 aliphatic rings. The highest BCUT2D eigenvalue weighted by molar-refractivity contribution is 7.91. The summed E-state index contributed by atoms with van der Waals surface area (Å²) in [5.41, 5.74) is -0.280. The molecular weight excluding hydrogens is 741 g/mol. The lowest BCUT2D eigenvalue weighted by Crippen LogP contribution is -2.63. The minimum absolute atomic E-state index is 0.0169. The van der Waals surface area contributed by atoms with Crippen LogP contribution in [0.3, 0.4) is 0 Å². The maximum absolute atomic E-state index is 14.9. The first-order chi connectivity index (χ1) is 25.8. The first-order valence-corrected chi connectivity index (χ1v) is 21.3. The highest BCUT2D eigenvalue weighted by Crippen LogP contribution is 2.41. The first kappa shape index (κ1) is 45.4. The number of hydrogen-bond acceptors (Lipinski definition) is 8. The lowest BCUT2D eigenvalue weighted by Gasteiger charge is -2.43. The fourth-order valence-electron chi connectivity index (χ4n) is 7.30. The molecule has 15 heteroatoms. The fourth-order valence-corrected chi connectivity index (χ4v) is 9.69. The molecule has 5 atom stereocenters. The summed E-state index contributed by atoms with van der Waals surface area (Å²) in [4.78, 5) is 70.5. The van der Waals surface area contributed by atoms with Crippen molar-refractivity contribution in [3.8, 4) is 12.3 Å². The molecule has 0 spiro atoms. The third kappa shape index (κ3) is 12.0. The van der Waals surface area contributed by atoms with E-state index in [1.165, 1.54) is 28.4 Å². The van der Waals surface area contributed by atoms with Crippen LogP contribution in [0.1, 0.15) is 92.9 Å². The number of urea groups is 1. The number of sulfonamides is 1. The number of nitrogens with one attached hydrogen (secondary N) is 4. The Bertz CT molecular complexity index is 1720. The van der Waals surface area contributed by atoms with E-state index in [0.717, 1.165) is 36.2 Å². The highest BCUT2D eigenvalue weighted by Gasteiger charge is 2.49. The molecule has 1 aliphatic carbocycles. The van der Waals surface area contributed by atoms with Crippen molar-refractivity contribution in [3.05, 3.63) is 41.8 Å². The van der Waals surface area contributed by atoms with Gasteiger partial charge in [0.15, 0.2) is 0 Å². The quantitative estimate of drug-likeness (QED) is 0.103. The van der Waals surface area contributed by atoms with Crippen LogP contribution in [-0.4, -0.2) is 98.0 Å². The van der Waals surface area contributed by atoms with E-state index in [-0.39, 0.29) is 36.7 Å². The molecule has 0 aromatic carbocycles. The number of likely N-dealkylation sites (tertiary alicyclic amines) is 1. The standard InChI is InChI=1S/C40H60N6O7S2/c1-10-12-17-29(33(47)36(49)41-22-11-2)42-35(48)32-28(25-27(3)4)19-23-46(32)37(50)34(40(8)20-14-13-15-21-40)44-38(51)43-30(39(5,6)7)26-45(9)55(52,53)31-18-16-24-54-31/h1,11,16,18,24-25,28-30,32,34H,2,12-15,17,19-23,26H2,3-9H3,(H,41,49)(H,42,48)(H2,43,44,51)/t28-,29?,30-,32+,34-/m1/s1. The summed E-state index contributed by atoms with van der Waals surface area (Å²) in [7, 11) is -2.32. The largest absolute Gasteiger partial charge is 0.346 e. The molecule has 5 amide bonds. The third-order valence-electron chi connectivity index (χ3n) is 10.5.